The SMILES string of the molecule is COc1cc(C(=O)/C=C/c2c(C)nn(Cc3ccccc3Cl)c2C)ccc1O. The van der Waals surface area contributed by atoms with E-state index in [1.165, 1.54) is 25.3 Å². The molecule has 1 aromatic heterocycles. The molecule has 0 saturated carbocycles. The van der Waals surface area contributed by atoms with E-state index in [1.54, 1.807) is 12.1 Å². The van der Waals surface area contributed by atoms with Crippen molar-refractivity contribution in [2.45, 2.75) is 20.4 Å². The maximum Gasteiger partial charge on any atom is 0.185 e. The number of carbonyl (C=O) groups is 1. The van der Waals surface area contributed by atoms with Gasteiger partial charge in [0.15, 0.2) is 17.3 Å². The molecular weight excluding hydrogens is 376 g/mol. The number of ketones is 1. The molecule has 28 heavy (non-hydrogen) atoms. The first-order valence-electron chi connectivity index (χ1n) is 8.77. The Balaban J connectivity index is 1.83. The normalized spacial score (nSPS) is 11.1. The van der Waals surface area contributed by atoms with E-state index in [2.05, 4.69) is 5.10 Å². The van der Waals surface area contributed by atoms with Crippen LogP contribution in [0.25, 0.3) is 6.08 Å². The summed E-state index contributed by atoms with van der Waals surface area (Å²) in [7, 11) is 1.44. The number of benzene rings is 2. The minimum atomic E-state index is -0.184. The minimum absolute atomic E-state index is 0.00410. The molecule has 0 spiro atoms. The Morgan fingerprint density at radius 1 is 1.25 bits per heavy atom. The molecule has 0 atom stereocenters. The first-order valence-corrected chi connectivity index (χ1v) is 9.15. The van der Waals surface area contributed by atoms with Gasteiger partial charge in [0.25, 0.3) is 0 Å². The average molecular weight is 397 g/mol. The number of phenolic OH excluding ortho intramolecular Hbond substituents is 1. The molecule has 3 aromatic rings. The van der Waals surface area contributed by atoms with Crippen molar-refractivity contribution in [1.82, 2.24) is 9.78 Å². The largest absolute Gasteiger partial charge is 0.504 e. The molecule has 0 unspecified atom stereocenters. The lowest BCUT2D eigenvalue weighted by Gasteiger charge is -2.06. The molecule has 0 amide bonds. The summed E-state index contributed by atoms with van der Waals surface area (Å²) in [6.07, 6.45) is 3.27. The Kier molecular flexibility index (Phi) is 5.85. The van der Waals surface area contributed by atoms with Crippen molar-refractivity contribution in [3.63, 3.8) is 0 Å². The molecule has 0 aliphatic heterocycles. The molecule has 0 radical (unpaired) electrons. The van der Waals surface area contributed by atoms with E-state index in [4.69, 9.17) is 16.3 Å². The predicted octanol–water partition coefficient (Wildman–Crippen LogP) is 4.81. The molecule has 5 nitrogen and oxygen atoms in total. The summed E-state index contributed by atoms with van der Waals surface area (Å²) in [5.41, 5.74) is 4.09. The second kappa shape index (κ2) is 8.31. The van der Waals surface area contributed by atoms with Crippen LogP contribution < -0.4 is 4.74 Å². The monoisotopic (exact) mass is 396 g/mol. The van der Waals surface area contributed by atoms with Crippen LogP contribution in [0.15, 0.2) is 48.5 Å². The zero-order valence-electron chi connectivity index (χ0n) is 15.9. The Bertz CT molecular complexity index is 1050. The van der Waals surface area contributed by atoms with Crippen molar-refractivity contribution in [1.29, 1.82) is 0 Å². The van der Waals surface area contributed by atoms with Crippen molar-refractivity contribution in [3.05, 3.63) is 81.6 Å². The summed E-state index contributed by atoms with van der Waals surface area (Å²) >= 11 is 6.25. The maximum atomic E-state index is 12.5. The zero-order chi connectivity index (χ0) is 20.3. The molecule has 1 N–H and O–H groups in total. The number of methoxy groups -OCH3 is 1. The van der Waals surface area contributed by atoms with Gasteiger partial charge in [0.1, 0.15) is 0 Å². The third-order valence-electron chi connectivity index (χ3n) is 4.58. The lowest BCUT2D eigenvalue weighted by molar-refractivity contribution is 0.104. The summed E-state index contributed by atoms with van der Waals surface area (Å²) in [5.74, 6) is 0.0747. The van der Waals surface area contributed by atoms with Crippen LogP contribution in [0.2, 0.25) is 5.02 Å². The number of nitrogens with zero attached hydrogens (tertiary/aromatic N) is 2. The molecular formula is C22H21ClN2O3. The highest BCUT2D eigenvalue weighted by Gasteiger charge is 2.12. The van der Waals surface area contributed by atoms with Gasteiger partial charge in [0.2, 0.25) is 0 Å². The number of rotatable bonds is 6. The fourth-order valence-electron chi connectivity index (χ4n) is 2.98. The summed E-state index contributed by atoms with van der Waals surface area (Å²) in [4.78, 5) is 12.5. The van der Waals surface area contributed by atoms with Gasteiger partial charge in [-0.1, -0.05) is 29.8 Å². The van der Waals surface area contributed by atoms with Crippen LogP contribution >= 0.6 is 11.6 Å². The van der Waals surface area contributed by atoms with Crippen molar-refractivity contribution >= 4 is 23.5 Å². The average Bonchev–Trinajstić information content (AvgIpc) is 2.95. The second-order valence-electron chi connectivity index (χ2n) is 6.42. The van der Waals surface area contributed by atoms with E-state index >= 15 is 0 Å². The van der Waals surface area contributed by atoms with E-state index in [0.717, 1.165) is 22.5 Å². The Hall–Kier alpha value is -3.05. The van der Waals surface area contributed by atoms with Gasteiger partial charge in [-0.15, -0.1) is 0 Å². The van der Waals surface area contributed by atoms with Crippen LogP contribution in [0, 0.1) is 13.8 Å². The lowest BCUT2D eigenvalue weighted by Crippen LogP contribution is -2.04. The van der Waals surface area contributed by atoms with Crippen molar-refractivity contribution in [3.8, 4) is 11.5 Å². The molecule has 1 heterocycles. The third-order valence-corrected chi connectivity index (χ3v) is 4.95. The van der Waals surface area contributed by atoms with E-state index in [1.807, 2.05) is 42.8 Å². The fraction of sp³-hybridized carbons (Fsp3) is 0.182. The standard InChI is InChI=1S/C22H21ClN2O3/c1-14-18(9-11-20(26)16-8-10-21(27)22(12-16)28-3)15(2)25(24-14)13-17-6-4-5-7-19(17)23/h4-12,27H,13H2,1-3H3/b11-9+. The number of allylic oxidation sites excluding steroid dienone is 1. The Morgan fingerprint density at radius 2 is 2.00 bits per heavy atom. The van der Waals surface area contributed by atoms with E-state index in [-0.39, 0.29) is 17.3 Å². The van der Waals surface area contributed by atoms with Crippen LogP contribution in [0.5, 0.6) is 11.5 Å². The van der Waals surface area contributed by atoms with Crippen LogP contribution in [-0.2, 0) is 6.54 Å². The number of hydrogen-bond acceptors (Lipinski definition) is 4. The first kappa shape index (κ1) is 19.7. The first-order chi connectivity index (χ1) is 13.4. The second-order valence-corrected chi connectivity index (χ2v) is 6.82. The molecule has 0 saturated heterocycles. The zero-order valence-corrected chi connectivity index (χ0v) is 16.7. The summed E-state index contributed by atoms with van der Waals surface area (Å²) in [5, 5.41) is 14.9. The van der Waals surface area contributed by atoms with E-state index in [0.29, 0.717) is 17.1 Å². The molecule has 3 rings (SSSR count). The summed E-state index contributed by atoms with van der Waals surface area (Å²) in [6.45, 7) is 4.43. The number of ether oxygens (including phenoxy) is 1. The van der Waals surface area contributed by atoms with Gasteiger partial charge in [-0.2, -0.15) is 5.10 Å². The van der Waals surface area contributed by atoms with Gasteiger partial charge in [-0.25, -0.2) is 0 Å². The summed E-state index contributed by atoms with van der Waals surface area (Å²) in [6, 6.07) is 12.2. The smallest absolute Gasteiger partial charge is 0.185 e. The predicted molar refractivity (Wildman–Crippen MR) is 110 cm³/mol. The Labute approximate surface area is 168 Å². The highest BCUT2D eigenvalue weighted by Crippen LogP contribution is 2.27. The van der Waals surface area contributed by atoms with Gasteiger partial charge in [-0.05, 0) is 55.8 Å². The molecule has 144 valence electrons. The number of aromatic nitrogens is 2. The number of aromatic hydroxyl groups is 1. The van der Waals surface area contributed by atoms with Gasteiger partial charge in [-0.3, -0.25) is 9.48 Å². The maximum absolute atomic E-state index is 12.5. The number of aryl methyl sites for hydroxylation is 1. The van der Waals surface area contributed by atoms with E-state index < -0.39 is 0 Å². The number of phenols is 1. The minimum Gasteiger partial charge on any atom is -0.504 e. The highest BCUT2D eigenvalue weighted by molar-refractivity contribution is 6.31. The van der Waals surface area contributed by atoms with Crippen LogP contribution in [-0.4, -0.2) is 27.8 Å². The van der Waals surface area contributed by atoms with Crippen LogP contribution in [0.3, 0.4) is 0 Å². The van der Waals surface area contributed by atoms with Crippen molar-refractivity contribution < 1.29 is 14.6 Å². The van der Waals surface area contributed by atoms with Gasteiger partial charge in [0.05, 0.1) is 19.3 Å². The molecule has 0 aliphatic rings. The van der Waals surface area contributed by atoms with Gasteiger partial charge >= 0.3 is 0 Å². The number of hydrogen-bond donors (Lipinski definition) is 1. The Morgan fingerprint density at radius 3 is 2.71 bits per heavy atom. The van der Waals surface area contributed by atoms with Crippen molar-refractivity contribution in [2.24, 2.45) is 0 Å². The third kappa shape index (κ3) is 4.10. The fourth-order valence-corrected chi connectivity index (χ4v) is 3.18. The quantitative estimate of drug-likeness (QED) is 0.479. The highest BCUT2D eigenvalue weighted by atomic mass is 35.5. The molecule has 0 fully saturated rings. The number of halogens is 1. The molecule has 2 aromatic carbocycles. The van der Waals surface area contributed by atoms with Crippen LogP contribution in [0.4, 0.5) is 0 Å². The van der Waals surface area contributed by atoms with Crippen LogP contribution in [0.1, 0.15) is 32.9 Å². The topological polar surface area (TPSA) is 64.3 Å². The van der Waals surface area contributed by atoms with E-state index in [9.17, 15) is 9.90 Å². The van der Waals surface area contributed by atoms with Gasteiger partial charge < -0.3 is 9.84 Å². The molecule has 0 aliphatic carbocycles. The van der Waals surface area contributed by atoms with Gasteiger partial charge in [0, 0.05) is 21.8 Å². The summed E-state index contributed by atoms with van der Waals surface area (Å²) < 4.78 is 6.94. The lowest BCUT2D eigenvalue weighted by atomic mass is 10.1. The number of carbonyl (C=O) groups excluding carboxylic acids is 1. The van der Waals surface area contributed by atoms with Crippen molar-refractivity contribution in [2.75, 3.05) is 7.11 Å². The molecule has 6 heteroatoms. The molecule has 0 bridgehead atoms.